The first-order chi connectivity index (χ1) is 9.31. The lowest BCUT2D eigenvalue weighted by molar-refractivity contribution is 0.634. The highest BCUT2D eigenvalue weighted by Crippen LogP contribution is 2.21. The number of nitrogens with one attached hydrogen (secondary N) is 1. The van der Waals surface area contributed by atoms with Crippen molar-refractivity contribution in [2.45, 2.75) is 52.0 Å². The van der Waals surface area contributed by atoms with Gasteiger partial charge in [0.1, 0.15) is 0 Å². The molecule has 1 aromatic rings. The molecule has 1 heterocycles. The van der Waals surface area contributed by atoms with Crippen LogP contribution in [-0.4, -0.2) is 17.0 Å². The summed E-state index contributed by atoms with van der Waals surface area (Å²) in [6.07, 6.45) is 6.06. The van der Waals surface area contributed by atoms with Gasteiger partial charge >= 0.3 is 0 Å². The number of aliphatic imine (C=N–C) groups is 1. The lowest BCUT2D eigenvalue weighted by Crippen LogP contribution is -2.19. The second kappa shape index (κ2) is 7.59. The Balaban J connectivity index is 1.93. The van der Waals surface area contributed by atoms with Gasteiger partial charge in [-0.25, -0.2) is 0 Å². The quantitative estimate of drug-likeness (QED) is 0.842. The van der Waals surface area contributed by atoms with E-state index in [1.54, 1.807) is 0 Å². The Labute approximate surface area is 121 Å². The number of hydrogen-bond acceptors (Lipinski definition) is 3. The summed E-state index contributed by atoms with van der Waals surface area (Å²) < 4.78 is 0. The number of benzene rings is 1. The van der Waals surface area contributed by atoms with Crippen molar-refractivity contribution in [1.82, 2.24) is 0 Å². The average molecular weight is 276 g/mol. The van der Waals surface area contributed by atoms with Crippen LogP contribution in [0.25, 0.3) is 0 Å². The lowest BCUT2D eigenvalue weighted by Gasteiger charge is -2.19. The molecule has 0 saturated carbocycles. The molecule has 1 N–H and O–H groups in total. The van der Waals surface area contributed by atoms with E-state index in [1.165, 1.54) is 37.0 Å². The molecule has 0 radical (unpaired) electrons. The number of unbranched alkanes of at least 4 members (excludes halogenated alkanes) is 1. The zero-order valence-electron chi connectivity index (χ0n) is 12.0. The van der Waals surface area contributed by atoms with E-state index in [2.05, 4.69) is 43.4 Å². The summed E-state index contributed by atoms with van der Waals surface area (Å²) in [4.78, 5) is 4.74. The van der Waals surface area contributed by atoms with Gasteiger partial charge in [0, 0.05) is 11.4 Å². The highest BCUT2D eigenvalue weighted by molar-refractivity contribution is 8.14. The molecule has 1 aromatic carbocycles. The van der Waals surface area contributed by atoms with E-state index in [9.17, 15) is 0 Å². The SMILES string of the molecule is CCCCc1ccc(NC2=NC(CC)CCS2)cc1. The molecule has 1 atom stereocenters. The van der Waals surface area contributed by atoms with Gasteiger partial charge in [0.2, 0.25) is 0 Å². The van der Waals surface area contributed by atoms with Crippen LogP contribution in [0.2, 0.25) is 0 Å². The van der Waals surface area contributed by atoms with Gasteiger partial charge in [-0.05, 0) is 43.4 Å². The maximum absolute atomic E-state index is 4.74. The minimum Gasteiger partial charge on any atom is -0.335 e. The van der Waals surface area contributed by atoms with Crippen molar-refractivity contribution in [2.75, 3.05) is 11.1 Å². The Morgan fingerprint density at radius 1 is 1.26 bits per heavy atom. The minimum absolute atomic E-state index is 0.507. The molecular weight excluding hydrogens is 252 g/mol. The third-order valence-electron chi connectivity index (χ3n) is 3.49. The van der Waals surface area contributed by atoms with Crippen molar-refractivity contribution in [3.8, 4) is 0 Å². The molecule has 19 heavy (non-hydrogen) atoms. The van der Waals surface area contributed by atoms with Crippen LogP contribution in [-0.2, 0) is 6.42 Å². The normalized spacial score (nSPS) is 19.1. The highest BCUT2D eigenvalue weighted by atomic mass is 32.2. The fourth-order valence-corrected chi connectivity index (χ4v) is 3.18. The van der Waals surface area contributed by atoms with Gasteiger partial charge in [0.05, 0.1) is 6.04 Å². The number of hydrogen-bond donors (Lipinski definition) is 1. The summed E-state index contributed by atoms with van der Waals surface area (Å²) in [5.74, 6) is 1.18. The van der Waals surface area contributed by atoms with Crippen molar-refractivity contribution in [2.24, 2.45) is 4.99 Å². The molecular formula is C16H24N2S. The average Bonchev–Trinajstić information content (AvgIpc) is 2.47. The van der Waals surface area contributed by atoms with Crippen LogP contribution < -0.4 is 5.32 Å². The van der Waals surface area contributed by atoms with Gasteiger partial charge in [-0.15, -0.1) is 0 Å². The van der Waals surface area contributed by atoms with E-state index in [0.29, 0.717) is 6.04 Å². The molecule has 3 heteroatoms. The monoisotopic (exact) mass is 276 g/mol. The number of thioether (sulfide) groups is 1. The third-order valence-corrected chi connectivity index (χ3v) is 4.41. The number of nitrogens with zero attached hydrogens (tertiary/aromatic N) is 1. The van der Waals surface area contributed by atoms with E-state index < -0.39 is 0 Å². The fourth-order valence-electron chi connectivity index (χ4n) is 2.18. The highest BCUT2D eigenvalue weighted by Gasteiger charge is 2.13. The van der Waals surface area contributed by atoms with E-state index in [4.69, 9.17) is 4.99 Å². The van der Waals surface area contributed by atoms with Crippen molar-refractivity contribution in [1.29, 1.82) is 0 Å². The van der Waals surface area contributed by atoms with Crippen LogP contribution >= 0.6 is 11.8 Å². The number of anilines is 1. The van der Waals surface area contributed by atoms with Crippen LogP contribution in [0, 0.1) is 0 Å². The minimum atomic E-state index is 0.507. The Morgan fingerprint density at radius 3 is 2.74 bits per heavy atom. The lowest BCUT2D eigenvalue weighted by atomic mass is 10.1. The predicted octanol–water partition coefficient (Wildman–Crippen LogP) is 4.71. The molecule has 1 aliphatic heterocycles. The fraction of sp³-hybridized carbons (Fsp3) is 0.562. The van der Waals surface area contributed by atoms with Crippen LogP contribution in [0.4, 0.5) is 5.69 Å². The molecule has 1 aliphatic rings. The topological polar surface area (TPSA) is 24.4 Å². The summed E-state index contributed by atoms with van der Waals surface area (Å²) >= 11 is 1.83. The molecule has 0 spiro atoms. The molecule has 104 valence electrons. The molecule has 2 rings (SSSR count). The largest absolute Gasteiger partial charge is 0.335 e. The van der Waals surface area contributed by atoms with Crippen molar-refractivity contribution in [3.63, 3.8) is 0 Å². The number of rotatable bonds is 5. The molecule has 0 bridgehead atoms. The van der Waals surface area contributed by atoms with Gasteiger partial charge in [-0.2, -0.15) is 0 Å². The van der Waals surface area contributed by atoms with E-state index >= 15 is 0 Å². The predicted molar refractivity (Wildman–Crippen MR) is 87.3 cm³/mol. The summed E-state index contributed by atoms with van der Waals surface area (Å²) in [7, 11) is 0. The van der Waals surface area contributed by atoms with Crippen molar-refractivity contribution < 1.29 is 0 Å². The second-order valence-corrected chi connectivity index (χ2v) is 6.14. The smallest absolute Gasteiger partial charge is 0.161 e. The van der Waals surface area contributed by atoms with E-state index in [1.807, 2.05) is 11.8 Å². The van der Waals surface area contributed by atoms with E-state index in [-0.39, 0.29) is 0 Å². The first-order valence-electron chi connectivity index (χ1n) is 7.38. The Bertz CT molecular complexity index is 411. The molecule has 0 aromatic heterocycles. The van der Waals surface area contributed by atoms with Gasteiger partial charge in [0.15, 0.2) is 5.17 Å². The van der Waals surface area contributed by atoms with Gasteiger partial charge < -0.3 is 5.32 Å². The zero-order chi connectivity index (χ0) is 13.5. The standard InChI is InChI=1S/C16H24N2S/c1-3-5-6-13-7-9-15(10-8-13)18-16-17-14(4-2)11-12-19-16/h7-10,14H,3-6,11-12H2,1-2H3,(H,17,18). The summed E-state index contributed by atoms with van der Waals surface area (Å²) in [5.41, 5.74) is 2.58. The van der Waals surface area contributed by atoms with E-state index in [0.717, 1.165) is 17.3 Å². The van der Waals surface area contributed by atoms with Crippen LogP contribution in [0.3, 0.4) is 0 Å². The molecule has 1 unspecified atom stereocenters. The van der Waals surface area contributed by atoms with Gasteiger partial charge in [-0.3, -0.25) is 4.99 Å². The molecule has 0 fully saturated rings. The number of aryl methyl sites for hydroxylation is 1. The maximum Gasteiger partial charge on any atom is 0.161 e. The van der Waals surface area contributed by atoms with Crippen LogP contribution in [0.15, 0.2) is 29.3 Å². The Morgan fingerprint density at radius 2 is 2.05 bits per heavy atom. The number of amidine groups is 1. The molecule has 0 aliphatic carbocycles. The first-order valence-corrected chi connectivity index (χ1v) is 8.37. The van der Waals surface area contributed by atoms with Crippen molar-refractivity contribution >= 4 is 22.6 Å². The molecule has 0 amide bonds. The van der Waals surface area contributed by atoms with Crippen molar-refractivity contribution in [3.05, 3.63) is 29.8 Å². The Kier molecular flexibility index (Phi) is 5.77. The second-order valence-electron chi connectivity index (χ2n) is 5.06. The third kappa shape index (κ3) is 4.57. The van der Waals surface area contributed by atoms with Gasteiger partial charge in [0.25, 0.3) is 0 Å². The summed E-state index contributed by atoms with van der Waals surface area (Å²) in [5, 5.41) is 4.52. The summed E-state index contributed by atoms with van der Waals surface area (Å²) in [6.45, 7) is 4.45. The van der Waals surface area contributed by atoms with Gasteiger partial charge in [-0.1, -0.05) is 44.2 Å². The first kappa shape index (κ1) is 14.4. The summed E-state index contributed by atoms with van der Waals surface area (Å²) in [6, 6.07) is 9.30. The van der Waals surface area contributed by atoms with Crippen LogP contribution in [0.5, 0.6) is 0 Å². The zero-order valence-corrected chi connectivity index (χ0v) is 12.8. The molecule has 0 saturated heterocycles. The maximum atomic E-state index is 4.74. The Hall–Kier alpha value is -0.960. The van der Waals surface area contributed by atoms with Crippen LogP contribution in [0.1, 0.15) is 45.1 Å². The molecule has 2 nitrogen and oxygen atoms in total.